The van der Waals surface area contributed by atoms with Crippen LogP contribution in [-0.2, 0) is 0 Å². The molecule has 0 saturated carbocycles. The lowest BCUT2D eigenvalue weighted by Gasteiger charge is -2.24. The second-order valence-corrected chi connectivity index (χ2v) is 8.85. The van der Waals surface area contributed by atoms with Crippen LogP contribution in [0, 0.1) is 12.7 Å². The van der Waals surface area contributed by atoms with E-state index in [1.807, 2.05) is 18.2 Å². The van der Waals surface area contributed by atoms with E-state index in [4.69, 9.17) is 22.1 Å². The van der Waals surface area contributed by atoms with E-state index in [2.05, 4.69) is 15.3 Å². The summed E-state index contributed by atoms with van der Waals surface area (Å²) >= 11 is 6.23. The summed E-state index contributed by atoms with van der Waals surface area (Å²) in [6.07, 6.45) is 2.13. The van der Waals surface area contributed by atoms with Crippen LogP contribution in [0.4, 0.5) is 10.2 Å². The summed E-state index contributed by atoms with van der Waals surface area (Å²) in [5.74, 6) is -1.05. The van der Waals surface area contributed by atoms with Gasteiger partial charge >= 0.3 is 0 Å². The van der Waals surface area contributed by atoms with E-state index in [1.165, 1.54) is 13.0 Å². The minimum Gasteiger partial charge on any atom is -0.490 e. The van der Waals surface area contributed by atoms with Crippen LogP contribution in [0.3, 0.4) is 0 Å². The molecule has 3 atom stereocenters. The first-order chi connectivity index (χ1) is 15.4. The van der Waals surface area contributed by atoms with E-state index < -0.39 is 29.8 Å². The van der Waals surface area contributed by atoms with Gasteiger partial charge in [0.1, 0.15) is 28.5 Å². The lowest BCUT2D eigenvalue weighted by Crippen LogP contribution is -2.40. The minimum absolute atomic E-state index is 0.0751. The number of aliphatic hydroxyl groups is 1. The van der Waals surface area contributed by atoms with E-state index in [9.17, 15) is 9.90 Å². The molecule has 1 amide bonds. The van der Waals surface area contributed by atoms with Gasteiger partial charge < -0.3 is 20.9 Å². The van der Waals surface area contributed by atoms with Crippen LogP contribution in [-0.4, -0.2) is 43.6 Å². The van der Waals surface area contributed by atoms with Crippen LogP contribution in [0.5, 0.6) is 5.75 Å². The molecule has 2 aromatic heterocycles. The molecule has 4 N–H and O–H groups in total. The quantitative estimate of drug-likeness (QED) is 0.476. The van der Waals surface area contributed by atoms with Crippen LogP contribution in [0.2, 0.25) is 5.02 Å². The highest BCUT2D eigenvalue weighted by Crippen LogP contribution is 2.40. The Labute approximate surface area is 196 Å². The molecule has 0 aliphatic rings. The molecule has 0 spiro atoms. The summed E-state index contributed by atoms with van der Waals surface area (Å²) in [6, 6.07) is 0.841. The topological polar surface area (TPSA) is 115 Å². The summed E-state index contributed by atoms with van der Waals surface area (Å²) in [5, 5.41) is 12.2. The number of amides is 1. The number of aliphatic hydroxyl groups excluding tert-OH is 1. The van der Waals surface area contributed by atoms with Crippen molar-refractivity contribution in [3.05, 3.63) is 51.9 Å². The fraction of sp³-hybridized carbons (Fsp3) is 0.435. The molecule has 2 heterocycles. The summed E-state index contributed by atoms with van der Waals surface area (Å²) in [5.41, 5.74) is 7.58. The highest BCUT2D eigenvalue weighted by molar-refractivity contribution is 6.31. The number of halogens is 2. The second-order valence-electron chi connectivity index (χ2n) is 8.44. The van der Waals surface area contributed by atoms with Gasteiger partial charge in [-0.05, 0) is 40.7 Å². The second kappa shape index (κ2) is 9.52. The molecule has 0 bridgehead atoms. The number of ether oxygens (including phenoxy) is 1. The summed E-state index contributed by atoms with van der Waals surface area (Å²) in [7, 11) is 0. The first-order valence-corrected chi connectivity index (χ1v) is 11.1. The van der Waals surface area contributed by atoms with Crippen molar-refractivity contribution in [1.29, 1.82) is 0 Å². The predicted octanol–water partition coefficient (Wildman–Crippen LogP) is 3.85. The van der Waals surface area contributed by atoms with E-state index in [0.717, 1.165) is 0 Å². The molecule has 1 aromatic carbocycles. The van der Waals surface area contributed by atoms with Gasteiger partial charge in [-0.25, -0.2) is 14.4 Å². The lowest BCUT2D eigenvalue weighted by molar-refractivity contribution is 0.0863. The summed E-state index contributed by atoms with van der Waals surface area (Å²) < 4.78 is 23.0. The Morgan fingerprint density at radius 3 is 2.58 bits per heavy atom. The van der Waals surface area contributed by atoms with Crippen LogP contribution >= 0.6 is 11.6 Å². The van der Waals surface area contributed by atoms with Crippen molar-refractivity contribution in [2.75, 3.05) is 5.73 Å². The van der Waals surface area contributed by atoms with Crippen molar-refractivity contribution in [2.45, 2.75) is 65.7 Å². The van der Waals surface area contributed by atoms with Gasteiger partial charge in [0.2, 0.25) is 0 Å². The number of nitrogen functional groups attached to an aromatic ring is 1. The third-order valence-electron chi connectivity index (χ3n) is 5.50. The predicted molar refractivity (Wildman–Crippen MR) is 125 cm³/mol. The van der Waals surface area contributed by atoms with E-state index >= 15 is 4.39 Å². The molecule has 0 aliphatic heterocycles. The molecule has 3 unspecified atom stereocenters. The van der Waals surface area contributed by atoms with Gasteiger partial charge in [-0.3, -0.25) is 9.20 Å². The number of imidazole rings is 1. The van der Waals surface area contributed by atoms with Gasteiger partial charge in [-0.15, -0.1) is 0 Å². The third-order valence-corrected chi connectivity index (χ3v) is 5.78. The number of nitrogens with one attached hydrogen (secondary N) is 1. The number of nitrogens with zero attached hydrogens (tertiary/aromatic N) is 3. The van der Waals surface area contributed by atoms with Gasteiger partial charge in [-0.2, -0.15) is 0 Å². The zero-order valence-electron chi connectivity index (χ0n) is 19.5. The van der Waals surface area contributed by atoms with Crippen molar-refractivity contribution in [3.63, 3.8) is 0 Å². The fourth-order valence-corrected chi connectivity index (χ4v) is 3.84. The van der Waals surface area contributed by atoms with Gasteiger partial charge in [0, 0.05) is 23.9 Å². The number of aromatic nitrogens is 3. The minimum atomic E-state index is -0.892. The smallest absolute Gasteiger partial charge is 0.258 e. The van der Waals surface area contributed by atoms with Crippen LogP contribution < -0.4 is 15.8 Å². The van der Waals surface area contributed by atoms with Gasteiger partial charge in [0.25, 0.3) is 5.91 Å². The van der Waals surface area contributed by atoms with Crippen molar-refractivity contribution in [1.82, 2.24) is 19.7 Å². The van der Waals surface area contributed by atoms with E-state index in [0.29, 0.717) is 28.4 Å². The Balaban J connectivity index is 2.23. The molecular formula is C23H29ClFN5O3. The third kappa shape index (κ3) is 4.74. The Morgan fingerprint density at radius 1 is 1.30 bits per heavy atom. The maximum absolute atomic E-state index is 15.2. The monoisotopic (exact) mass is 477 g/mol. The number of fused-ring (bicyclic) bond motifs is 1. The fourth-order valence-electron chi connectivity index (χ4n) is 3.63. The first kappa shape index (κ1) is 24.7. The largest absolute Gasteiger partial charge is 0.490 e. The van der Waals surface area contributed by atoms with Crippen molar-refractivity contribution < 1.29 is 19.0 Å². The van der Waals surface area contributed by atoms with E-state index in [1.54, 1.807) is 33.2 Å². The number of nitrogens with two attached hydrogens (primary N) is 1. The molecule has 178 valence electrons. The van der Waals surface area contributed by atoms with Gasteiger partial charge in [0.15, 0.2) is 5.82 Å². The van der Waals surface area contributed by atoms with Gasteiger partial charge in [0.05, 0.1) is 29.0 Å². The lowest BCUT2D eigenvalue weighted by atomic mass is 9.95. The average Bonchev–Trinajstić information content (AvgIpc) is 3.07. The van der Waals surface area contributed by atoms with E-state index in [-0.39, 0.29) is 22.4 Å². The van der Waals surface area contributed by atoms with Crippen molar-refractivity contribution in [2.24, 2.45) is 0 Å². The molecule has 0 fully saturated rings. The molecule has 0 radical (unpaired) electrons. The SMILES string of the molecule is Cc1nc(C(C)c2cc(Cl)c(F)c(C(=O)NC(C)C(C)O)c2OC(C)C)n2ccnc(N)c12. The number of benzene rings is 1. The first-order valence-electron chi connectivity index (χ1n) is 10.7. The Bertz CT molecular complexity index is 1190. The summed E-state index contributed by atoms with van der Waals surface area (Å²) in [6.45, 7) is 10.4. The molecule has 3 rings (SSSR count). The number of carbonyl (C=O) groups is 1. The average molecular weight is 478 g/mol. The zero-order chi connectivity index (χ0) is 24.6. The molecule has 0 saturated heterocycles. The normalized spacial score (nSPS) is 14.4. The summed E-state index contributed by atoms with van der Waals surface area (Å²) in [4.78, 5) is 21.8. The molecule has 33 heavy (non-hydrogen) atoms. The van der Waals surface area contributed by atoms with Crippen LogP contribution in [0.15, 0.2) is 18.5 Å². The number of aryl methyl sites for hydroxylation is 1. The van der Waals surface area contributed by atoms with Crippen molar-refractivity contribution in [3.8, 4) is 5.75 Å². The zero-order valence-corrected chi connectivity index (χ0v) is 20.2. The highest BCUT2D eigenvalue weighted by Gasteiger charge is 2.30. The molecule has 10 heteroatoms. The number of carbonyl (C=O) groups excluding carboxylic acids is 1. The highest BCUT2D eigenvalue weighted by atomic mass is 35.5. The Hall–Kier alpha value is -2.91. The van der Waals surface area contributed by atoms with Gasteiger partial charge in [-0.1, -0.05) is 18.5 Å². The molecule has 8 nitrogen and oxygen atoms in total. The number of rotatable bonds is 7. The van der Waals surface area contributed by atoms with Crippen LogP contribution in [0.1, 0.15) is 68.0 Å². The molecule has 0 aliphatic carbocycles. The molecular weight excluding hydrogens is 449 g/mol. The Kier molecular flexibility index (Phi) is 7.14. The number of hydrogen-bond acceptors (Lipinski definition) is 6. The maximum Gasteiger partial charge on any atom is 0.258 e. The van der Waals surface area contributed by atoms with Crippen LogP contribution in [0.25, 0.3) is 5.52 Å². The Morgan fingerprint density at radius 2 is 1.97 bits per heavy atom. The standard InChI is InChI=1S/C23H29ClFN5O3/c1-10(2)33-20-15(9-16(24)18(25)17(20)23(32)29-12(4)14(6)31)11(3)22-28-13(5)19-21(26)27-7-8-30(19)22/h7-12,14,31H,1-6H3,(H2,26,27)(H,29,32). The number of anilines is 1. The van der Waals surface area contributed by atoms with Crippen molar-refractivity contribution >= 4 is 28.8 Å². The molecule has 3 aromatic rings. The maximum atomic E-state index is 15.2. The number of hydrogen-bond donors (Lipinski definition) is 3.